The van der Waals surface area contributed by atoms with Crippen LogP contribution in [0.15, 0.2) is 36.4 Å². The highest BCUT2D eigenvalue weighted by atomic mass is 16.6. The van der Waals surface area contributed by atoms with Crippen LogP contribution in [-0.2, 0) is 4.74 Å². The van der Waals surface area contributed by atoms with Crippen LogP contribution >= 0.6 is 0 Å². The fourth-order valence-electron chi connectivity index (χ4n) is 2.84. The van der Waals surface area contributed by atoms with E-state index >= 15 is 0 Å². The van der Waals surface area contributed by atoms with Gasteiger partial charge in [-0.05, 0) is 44.9 Å². The summed E-state index contributed by atoms with van der Waals surface area (Å²) in [4.78, 5) is 18.3. The number of pyridine rings is 1. The van der Waals surface area contributed by atoms with Crippen LogP contribution in [0.5, 0.6) is 0 Å². The van der Waals surface area contributed by atoms with Crippen LogP contribution in [0.25, 0.3) is 10.9 Å². The summed E-state index contributed by atoms with van der Waals surface area (Å²) in [5.41, 5.74) is 0.996. The Morgan fingerprint density at radius 2 is 1.96 bits per heavy atom. The molecule has 2 aromatic rings. The molecule has 0 bridgehead atoms. The van der Waals surface area contributed by atoms with Gasteiger partial charge in [0.25, 0.3) is 0 Å². The van der Waals surface area contributed by atoms with Crippen LogP contribution in [0.4, 0.5) is 10.6 Å². The Kier molecular flexibility index (Phi) is 4.65. The van der Waals surface area contributed by atoms with Gasteiger partial charge in [0, 0.05) is 24.5 Å². The Balaban J connectivity index is 1.56. The van der Waals surface area contributed by atoms with Crippen LogP contribution in [0.1, 0.15) is 26.7 Å². The number of rotatable bonds is 3. The number of nitrogens with one attached hydrogen (secondary N) is 1. The van der Waals surface area contributed by atoms with Crippen molar-refractivity contribution in [2.75, 3.05) is 18.4 Å². The van der Waals surface area contributed by atoms with Crippen molar-refractivity contribution >= 4 is 22.8 Å². The maximum atomic E-state index is 11.9. The molecule has 1 aromatic heterocycles. The number of amides is 1. The summed E-state index contributed by atoms with van der Waals surface area (Å²) in [6, 6.07) is 12.5. The van der Waals surface area contributed by atoms with Gasteiger partial charge in [-0.2, -0.15) is 0 Å². The summed E-state index contributed by atoms with van der Waals surface area (Å²) < 4.78 is 5.25. The van der Waals surface area contributed by atoms with E-state index in [2.05, 4.69) is 22.4 Å². The Labute approximate surface area is 136 Å². The largest absolute Gasteiger partial charge is 0.447 e. The number of hydrogen-bond acceptors (Lipinski definition) is 4. The van der Waals surface area contributed by atoms with E-state index in [1.165, 1.54) is 0 Å². The Bertz CT molecular complexity index is 679. The quantitative estimate of drug-likeness (QED) is 0.939. The number of carbonyl (C=O) groups is 1. The second kappa shape index (κ2) is 6.86. The predicted molar refractivity (Wildman–Crippen MR) is 91.6 cm³/mol. The number of anilines is 1. The summed E-state index contributed by atoms with van der Waals surface area (Å²) in [6.45, 7) is 5.18. The van der Waals surface area contributed by atoms with Gasteiger partial charge >= 0.3 is 6.09 Å². The van der Waals surface area contributed by atoms with Gasteiger partial charge < -0.3 is 15.0 Å². The van der Waals surface area contributed by atoms with Gasteiger partial charge in [-0.25, -0.2) is 9.78 Å². The highest BCUT2D eigenvalue weighted by Gasteiger charge is 2.24. The van der Waals surface area contributed by atoms with Gasteiger partial charge in [0.15, 0.2) is 0 Å². The van der Waals surface area contributed by atoms with E-state index in [0.29, 0.717) is 6.04 Å². The first kappa shape index (κ1) is 15.6. The van der Waals surface area contributed by atoms with Crippen molar-refractivity contribution in [3.05, 3.63) is 36.4 Å². The third-order valence-electron chi connectivity index (χ3n) is 4.04. The van der Waals surface area contributed by atoms with Crippen molar-refractivity contribution in [1.82, 2.24) is 9.88 Å². The molecule has 122 valence electrons. The number of likely N-dealkylation sites (tertiary alicyclic amines) is 1. The van der Waals surface area contributed by atoms with Gasteiger partial charge in [-0.1, -0.05) is 18.2 Å². The summed E-state index contributed by atoms with van der Waals surface area (Å²) in [5.74, 6) is 0.895. The summed E-state index contributed by atoms with van der Waals surface area (Å²) in [5, 5.41) is 4.63. The molecule has 1 fully saturated rings. The number of nitrogens with zero attached hydrogens (tertiary/aromatic N) is 2. The Morgan fingerprint density at radius 3 is 2.70 bits per heavy atom. The fourth-order valence-corrected chi connectivity index (χ4v) is 2.84. The van der Waals surface area contributed by atoms with E-state index in [4.69, 9.17) is 4.74 Å². The van der Waals surface area contributed by atoms with Gasteiger partial charge in [-0.3, -0.25) is 0 Å². The number of hydrogen-bond donors (Lipinski definition) is 1. The van der Waals surface area contributed by atoms with E-state index in [9.17, 15) is 4.79 Å². The van der Waals surface area contributed by atoms with Gasteiger partial charge in [0.1, 0.15) is 5.82 Å². The highest BCUT2D eigenvalue weighted by molar-refractivity contribution is 5.80. The van der Waals surface area contributed by atoms with Crippen LogP contribution in [0.3, 0.4) is 0 Å². The fraction of sp³-hybridized carbons (Fsp3) is 0.444. The molecule has 0 saturated carbocycles. The molecular formula is C18H23N3O2. The molecule has 0 spiro atoms. The lowest BCUT2D eigenvalue weighted by Crippen LogP contribution is -2.43. The molecule has 23 heavy (non-hydrogen) atoms. The van der Waals surface area contributed by atoms with Crippen molar-refractivity contribution in [1.29, 1.82) is 0 Å². The number of benzene rings is 1. The Hall–Kier alpha value is -2.30. The van der Waals surface area contributed by atoms with Crippen LogP contribution in [0, 0.1) is 0 Å². The third-order valence-corrected chi connectivity index (χ3v) is 4.04. The van der Waals surface area contributed by atoms with Gasteiger partial charge in [-0.15, -0.1) is 0 Å². The molecule has 1 aromatic carbocycles. The third kappa shape index (κ3) is 3.92. The van der Waals surface area contributed by atoms with E-state index in [1.807, 2.05) is 38.1 Å². The van der Waals surface area contributed by atoms with Crippen molar-refractivity contribution < 1.29 is 9.53 Å². The van der Waals surface area contributed by atoms with E-state index in [-0.39, 0.29) is 12.2 Å². The summed E-state index contributed by atoms with van der Waals surface area (Å²) in [7, 11) is 0. The predicted octanol–water partition coefficient (Wildman–Crippen LogP) is 3.66. The molecule has 5 heteroatoms. The second-order valence-electron chi connectivity index (χ2n) is 6.23. The minimum Gasteiger partial charge on any atom is -0.447 e. The molecule has 5 nitrogen and oxygen atoms in total. The van der Waals surface area contributed by atoms with E-state index in [0.717, 1.165) is 42.7 Å². The molecular weight excluding hydrogens is 290 g/mol. The number of fused-ring (bicyclic) bond motifs is 1. The molecule has 0 aliphatic carbocycles. The zero-order valence-electron chi connectivity index (χ0n) is 13.7. The average molecular weight is 313 g/mol. The number of aromatic nitrogens is 1. The van der Waals surface area contributed by atoms with Crippen LogP contribution < -0.4 is 5.32 Å². The molecule has 2 heterocycles. The Morgan fingerprint density at radius 1 is 1.22 bits per heavy atom. The normalized spacial score (nSPS) is 15.9. The monoisotopic (exact) mass is 313 g/mol. The van der Waals surface area contributed by atoms with Crippen LogP contribution in [0.2, 0.25) is 0 Å². The number of ether oxygens (including phenoxy) is 1. The molecule has 0 radical (unpaired) electrons. The SMILES string of the molecule is CC(C)OC(=O)N1CCC(Nc2ccc3ccccc3n2)CC1. The van der Waals surface area contributed by atoms with Crippen molar-refractivity contribution in [3.8, 4) is 0 Å². The standard InChI is InChI=1S/C18H23N3O2/c1-13(2)23-18(22)21-11-9-15(10-12-21)19-17-8-7-14-5-3-4-6-16(14)20-17/h3-8,13,15H,9-12H2,1-2H3,(H,19,20). The molecule has 1 N–H and O–H groups in total. The maximum Gasteiger partial charge on any atom is 0.410 e. The lowest BCUT2D eigenvalue weighted by atomic mass is 10.1. The van der Waals surface area contributed by atoms with Gasteiger partial charge in [0.05, 0.1) is 11.6 Å². The van der Waals surface area contributed by atoms with Crippen LogP contribution in [-0.4, -0.2) is 41.2 Å². The molecule has 0 unspecified atom stereocenters. The highest BCUT2D eigenvalue weighted by Crippen LogP contribution is 2.19. The lowest BCUT2D eigenvalue weighted by Gasteiger charge is -2.32. The zero-order chi connectivity index (χ0) is 16.2. The average Bonchev–Trinajstić information content (AvgIpc) is 2.55. The van der Waals surface area contributed by atoms with Crippen molar-refractivity contribution in [3.63, 3.8) is 0 Å². The first-order chi connectivity index (χ1) is 11.1. The molecule has 1 aliphatic heterocycles. The number of carbonyl (C=O) groups excluding carboxylic acids is 1. The van der Waals surface area contributed by atoms with Crippen molar-refractivity contribution in [2.45, 2.75) is 38.8 Å². The number of para-hydroxylation sites is 1. The maximum absolute atomic E-state index is 11.9. The first-order valence-corrected chi connectivity index (χ1v) is 8.20. The lowest BCUT2D eigenvalue weighted by molar-refractivity contribution is 0.0701. The molecule has 3 rings (SSSR count). The molecule has 0 atom stereocenters. The van der Waals surface area contributed by atoms with Crippen molar-refractivity contribution in [2.24, 2.45) is 0 Å². The summed E-state index contributed by atoms with van der Waals surface area (Å²) >= 11 is 0. The smallest absolute Gasteiger partial charge is 0.410 e. The minimum atomic E-state index is -0.206. The number of piperidine rings is 1. The second-order valence-corrected chi connectivity index (χ2v) is 6.23. The first-order valence-electron chi connectivity index (χ1n) is 8.20. The molecule has 1 saturated heterocycles. The molecule has 1 aliphatic rings. The molecule has 1 amide bonds. The minimum absolute atomic E-state index is 0.0693. The van der Waals surface area contributed by atoms with E-state index in [1.54, 1.807) is 4.90 Å². The zero-order valence-corrected chi connectivity index (χ0v) is 13.7. The topological polar surface area (TPSA) is 54.5 Å². The van der Waals surface area contributed by atoms with Gasteiger partial charge in [0.2, 0.25) is 0 Å². The summed E-state index contributed by atoms with van der Waals surface area (Å²) in [6.07, 6.45) is 1.53. The van der Waals surface area contributed by atoms with E-state index < -0.39 is 0 Å².